The lowest BCUT2D eigenvalue weighted by molar-refractivity contribution is 0.323. The minimum Gasteiger partial charge on any atom is -0.507 e. The summed E-state index contributed by atoms with van der Waals surface area (Å²) in [5.41, 5.74) is 6.02. The number of nitrogens with zero attached hydrogens (tertiary/aromatic N) is 4. The molecule has 44 heavy (non-hydrogen) atoms. The van der Waals surface area contributed by atoms with Crippen molar-refractivity contribution in [2.45, 2.75) is 129 Å². The molecule has 2 N–H and O–H groups in total. The first-order valence-corrected chi connectivity index (χ1v) is 17.1. The number of aliphatic imine (C=N–C) groups is 2. The van der Waals surface area contributed by atoms with Crippen LogP contribution in [-0.2, 0) is 23.9 Å². The van der Waals surface area contributed by atoms with Crippen LogP contribution in [0.25, 0.3) is 0 Å². The highest BCUT2D eigenvalue weighted by Crippen LogP contribution is 2.34. The van der Waals surface area contributed by atoms with Gasteiger partial charge >= 0.3 is 0 Å². The first-order chi connectivity index (χ1) is 20.9. The molecule has 2 aromatic carbocycles. The van der Waals surface area contributed by atoms with E-state index in [0.29, 0.717) is 11.5 Å². The Balaban J connectivity index is 1.40. The SMILES string of the molecule is CC(C)(C)c1cc(C=N[C@@H]2CCCC[C@H]2N=Cc2cc(C(C)(C)C)cc(CN3CCCC3)c2O)c(O)c(CN2CCCC2)c1. The van der Waals surface area contributed by atoms with Gasteiger partial charge in [-0.25, -0.2) is 0 Å². The standard InChI is InChI=1S/C38H56N4O2/c1-37(2,3)31-19-27(35(43)29(21-31)25-41-15-9-10-16-41)23-39-33-13-7-8-14-34(33)40-24-28-20-32(38(4,5)6)22-30(36(28)44)26-42-17-11-12-18-42/h19-24,33-34,43-44H,7-18,25-26H2,1-6H3/t33-,34-/m1/s1. The molecule has 0 bridgehead atoms. The third kappa shape index (κ3) is 8.11. The maximum Gasteiger partial charge on any atom is 0.128 e. The highest BCUT2D eigenvalue weighted by atomic mass is 16.3. The van der Waals surface area contributed by atoms with Crippen LogP contribution in [0.5, 0.6) is 11.5 Å². The first-order valence-electron chi connectivity index (χ1n) is 17.1. The van der Waals surface area contributed by atoms with Crippen LogP contribution < -0.4 is 0 Å². The maximum absolute atomic E-state index is 11.4. The Morgan fingerprint density at radius 3 is 1.32 bits per heavy atom. The molecule has 0 radical (unpaired) electrons. The van der Waals surface area contributed by atoms with Crippen LogP contribution in [0.1, 0.15) is 126 Å². The van der Waals surface area contributed by atoms with Crippen LogP contribution in [0.2, 0.25) is 0 Å². The summed E-state index contributed by atoms with van der Waals surface area (Å²) in [6, 6.07) is 8.72. The van der Waals surface area contributed by atoms with Crippen molar-refractivity contribution in [3.8, 4) is 11.5 Å². The fourth-order valence-electron chi connectivity index (χ4n) is 6.90. The number of benzene rings is 2. The van der Waals surface area contributed by atoms with Gasteiger partial charge in [-0.1, -0.05) is 66.5 Å². The summed E-state index contributed by atoms with van der Waals surface area (Å²) in [5, 5.41) is 22.7. The summed E-state index contributed by atoms with van der Waals surface area (Å²) in [5.74, 6) is 0.720. The van der Waals surface area contributed by atoms with Gasteiger partial charge in [0.25, 0.3) is 0 Å². The second-order valence-corrected chi connectivity index (χ2v) is 15.6. The first kappa shape index (κ1) is 32.7. The van der Waals surface area contributed by atoms with E-state index in [-0.39, 0.29) is 22.9 Å². The lowest BCUT2D eigenvalue weighted by Crippen LogP contribution is -2.27. The van der Waals surface area contributed by atoms with E-state index in [1.54, 1.807) is 0 Å². The molecule has 0 unspecified atom stereocenters. The quantitative estimate of drug-likeness (QED) is 0.304. The van der Waals surface area contributed by atoms with Crippen LogP contribution in [0, 0.1) is 0 Å². The van der Waals surface area contributed by atoms with Gasteiger partial charge in [0, 0.05) is 47.8 Å². The molecule has 0 aromatic heterocycles. The molecule has 0 amide bonds. The van der Waals surface area contributed by atoms with Crippen molar-refractivity contribution < 1.29 is 10.2 Å². The molecule has 5 rings (SSSR count). The topological polar surface area (TPSA) is 71.7 Å². The van der Waals surface area contributed by atoms with Gasteiger partial charge in [0.2, 0.25) is 0 Å². The second kappa shape index (κ2) is 13.7. The minimum atomic E-state index is -0.0229. The maximum atomic E-state index is 11.4. The third-order valence-electron chi connectivity index (χ3n) is 9.86. The van der Waals surface area contributed by atoms with Crippen LogP contribution >= 0.6 is 0 Å². The van der Waals surface area contributed by atoms with E-state index < -0.39 is 0 Å². The predicted molar refractivity (Wildman–Crippen MR) is 184 cm³/mol. The molecule has 2 atom stereocenters. The Morgan fingerprint density at radius 1 is 0.614 bits per heavy atom. The molecule has 6 heteroatoms. The summed E-state index contributed by atoms with van der Waals surface area (Å²) in [6.07, 6.45) is 13.0. The molecule has 6 nitrogen and oxygen atoms in total. The number of hydrogen-bond donors (Lipinski definition) is 2. The van der Waals surface area contributed by atoms with Gasteiger partial charge in [-0.2, -0.15) is 0 Å². The monoisotopic (exact) mass is 600 g/mol. The fourth-order valence-corrected chi connectivity index (χ4v) is 6.90. The zero-order chi connectivity index (χ0) is 31.5. The molecule has 1 aliphatic carbocycles. The van der Waals surface area contributed by atoms with Gasteiger partial charge in [0.1, 0.15) is 11.5 Å². The number of hydrogen-bond acceptors (Lipinski definition) is 6. The van der Waals surface area contributed by atoms with Crippen LogP contribution in [0.15, 0.2) is 34.3 Å². The number of aromatic hydroxyl groups is 2. The third-order valence-corrected chi connectivity index (χ3v) is 9.86. The summed E-state index contributed by atoms with van der Waals surface area (Å²) in [6.45, 7) is 19.3. The largest absolute Gasteiger partial charge is 0.507 e. The molecule has 0 spiro atoms. The van der Waals surface area contributed by atoms with Crippen molar-refractivity contribution in [2.75, 3.05) is 26.2 Å². The van der Waals surface area contributed by atoms with Crippen molar-refractivity contribution in [1.29, 1.82) is 0 Å². The fraction of sp³-hybridized carbons (Fsp3) is 0.632. The molecular formula is C38H56N4O2. The average Bonchev–Trinajstić information content (AvgIpc) is 3.68. The smallest absolute Gasteiger partial charge is 0.128 e. The van der Waals surface area contributed by atoms with E-state index in [4.69, 9.17) is 9.98 Å². The Hall–Kier alpha value is -2.70. The highest BCUT2D eigenvalue weighted by Gasteiger charge is 2.26. The molecule has 1 saturated carbocycles. The number of rotatable bonds is 8. The normalized spacial score (nSPS) is 22.6. The van der Waals surface area contributed by atoms with Crippen molar-refractivity contribution in [3.05, 3.63) is 57.6 Å². The zero-order valence-electron chi connectivity index (χ0n) is 28.2. The Morgan fingerprint density at radius 2 is 0.977 bits per heavy atom. The van der Waals surface area contributed by atoms with Gasteiger partial charge in [0.05, 0.1) is 12.1 Å². The van der Waals surface area contributed by atoms with Gasteiger partial charge in [-0.05, 0) is 98.8 Å². The van der Waals surface area contributed by atoms with Crippen LogP contribution in [0.4, 0.5) is 0 Å². The number of phenols is 2. The van der Waals surface area contributed by atoms with Gasteiger partial charge in [0.15, 0.2) is 0 Å². The second-order valence-electron chi connectivity index (χ2n) is 15.6. The van der Waals surface area contributed by atoms with E-state index in [9.17, 15) is 10.2 Å². The van der Waals surface area contributed by atoms with E-state index in [2.05, 4.69) is 75.6 Å². The Kier molecular flexibility index (Phi) is 10.2. The molecule has 2 aromatic rings. The summed E-state index contributed by atoms with van der Waals surface area (Å²) >= 11 is 0. The molecule has 240 valence electrons. The van der Waals surface area contributed by atoms with E-state index in [0.717, 1.165) is 87.2 Å². The van der Waals surface area contributed by atoms with Crippen molar-refractivity contribution in [3.63, 3.8) is 0 Å². The zero-order valence-corrected chi connectivity index (χ0v) is 28.2. The van der Waals surface area contributed by atoms with Gasteiger partial charge in [-0.3, -0.25) is 19.8 Å². The van der Waals surface area contributed by atoms with Gasteiger partial charge < -0.3 is 10.2 Å². The minimum absolute atomic E-state index is 0.0229. The van der Waals surface area contributed by atoms with Crippen LogP contribution in [0.3, 0.4) is 0 Å². The summed E-state index contributed by atoms with van der Waals surface area (Å²) in [7, 11) is 0. The number of likely N-dealkylation sites (tertiary alicyclic amines) is 2. The molecule has 3 fully saturated rings. The summed E-state index contributed by atoms with van der Waals surface area (Å²) < 4.78 is 0. The summed E-state index contributed by atoms with van der Waals surface area (Å²) in [4.78, 5) is 15.1. The Labute approximate surface area is 266 Å². The molecular weight excluding hydrogens is 544 g/mol. The van der Waals surface area contributed by atoms with Crippen molar-refractivity contribution >= 4 is 12.4 Å². The van der Waals surface area contributed by atoms with Gasteiger partial charge in [-0.15, -0.1) is 0 Å². The predicted octanol–water partition coefficient (Wildman–Crippen LogP) is 7.73. The molecule has 2 saturated heterocycles. The lowest BCUT2D eigenvalue weighted by atomic mass is 9.84. The average molecular weight is 601 g/mol. The van der Waals surface area contributed by atoms with E-state index in [1.807, 2.05) is 12.4 Å². The van der Waals surface area contributed by atoms with Crippen molar-refractivity contribution in [1.82, 2.24) is 9.80 Å². The number of phenolic OH excluding ortho intramolecular Hbond substituents is 2. The molecule has 3 aliphatic rings. The van der Waals surface area contributed by atoms with Crippen molar-refractivity contribution in [2.24, 2.45) is 9.98 Å². The molecule has 2 heterocycles. The lowest BCUT2D eigenvalue weighted by Gasteiger charge is -2.26. The molecule has 2 aliphatic heterocycles. The van der Waals surface area contributed by atoms with Crippen LogP contribution in [-0.4, -0.2) is 70.7 Å². The van der Waals surface area contributed by atoms with E-state index in [1.165, 1.54) is 36.8 Å². The highest BCUT2D eigenvalue weighted by molar-refractivity contribution is 5.86. The Bertz CT molecular complexity index is 1230. The van der Waals surface area contributed by atoms with E-state index >= 15 is 0 Å².